The Hall–Kier alpha value is 1.77. The van der Waals surface area contributed by atoms with Gasteiger partial charge in [0.2, 0.25) is 0 Å². The van der Waals surface area contributed by atoms with Crippen molar-refractivity contribution in [1.82, 2.24) is 0 Å². The van der Waals surface area contributed by atoms with Gasteiger partial charge in [-0.2, -0.15) is 12.8 Å². The molecule has 1 nitrogen and oxygen atoms in total. The quantitative estimate of drug-likeness (QED) is 0.685. The molecule has 0 aromatic carbocycles. The summed E-state index contributed by atoms with van der Waals surface area (Å²) < 4.78 is 6.20. The number of hydrogen-bond donors (Lipinski definition) is 0. The molecule has 2 heteroatoms. The van der Waals surface area contributed by atoms with Crippen molar-refractivity contribution in [3.63, 3.8) is 0 Å². The summed E-state index contributed by atoms with van der Waals surface area (Å²) in [6.07, 6.45) is 20.0. The molecule has 122 valence electrons. The molecular weight excluding hydrogens is 342 g/mol. The molecule has 3 rings (SSSR count). The molecule has 3 fully saturated rings. The van der Waals surface area contributed by atoms with Gasteiger partial charge in [-0.3, -0.25) is 0 Å². The first-order valence-corrected chi connectivity index (χ1v) is 9.74. The predicted octanol–water partition coefficient (Wildman–Crippen LogP) is 2.79. The van der Waals surface area contributed by atoms with Crippen molar-refractivity contribution in [1.29, 1.82) is 0 Å². The van der Waals surface area contributed by atoms with E-state index in [1.807, 2.05) is 0 Å². The van der Waals surface area contributed by atoms with Gasteiger partial charge in [0, 0.05) is 6.61 Å². The Balaban J connectivity index is 0.00000176. The molecule has 0 aromatic rings. The minimum absolute atomic E-state index is 0. The summed E-state index contributed by atoms with van der Waals surface area (Å²) in [4.78, 5) is 0. The monoisotopic (exact) mass is 376 g/mol. The van der Waals surface area contributed by atoms with E-state index in [4.69, 9.17) is 4.74 Å². The largest absolute Gasteiger partial charge is 1.00 e. The Morgan fingerprint density at radius 3 is 1.91 bits per heavy atom. The first kappa shape index (κ1) is 20.1. The molecule has 0 amide bonds. The number of rotatable bonds is 4. The zero-order valence-corrected chi connectivity index (χ0v) is 20.0. The van der Waals surface area contributed by atoms with E-state index in [0.717, 1.165) is 30.3 Å². The average Bonchev–Trinajstić information content (AvgIpc) is 2.55. The summed E-state index contributed by atoms with van der Waals surface area (Å²) >= 11 is 0. The molecule has 0 N–H and O–H groups in total. The zero-order valence-electron chi connectivity index (χ0n) is 15.1. The molecule has 0 radical (unpaired) electrons. The van der Waals surface area contributed by atoms with Gasteiger partial charge in [-0.1, -0.05) is 32.6 Å². The van der Waals surface area contributed by atoms with Gasteiger partial charge in [0.1, 0.15) is 0 Å². The zero-order chi connectivity index (χ0) is 14.5. The third-order valence-corrected chi connectivity index (χ3v) is 6.57. The molecule has 0 saturated heterocycles. The predicted molar refractivity (Wildman–Crippen MR) is 89.1 cm³/mol. The van der Waals surface area contributed by atoms with Crippen LogP contribution in [-0.4, -0.2) is 12.7 Å². The van der Waals surface area contributed by atoms with E-state index in [0.29, 0.717) is 6.10 Å². The van der Waals surface area contributed by atoms with Gasteiger partial charge in [-0.15, -0.1) is 0 Å². The third kappa shape index (κ3) is 6.25. The molecule has 0 aromatic heterocycles. The Labute approximate surface area is 187 Å². The van der Waals surface area contributed by atoms with E-state index >= 15 is 0 Å². The summed E-state index contributed by atoms with van der Waals surface area (Å²) in [5.41, 5.74) is 0. The van der Waals surface area contributed by atoms with Gasteiger partial charge in [0.05, 0.1) is 6.10 Å². The molecule has 3 saturated carbocycles. The molecular formula is C20H35ORb. The standard InChI is InChI=1S/C20H35O.Rb/c1-16-7-11-18(12-8-16)19-13-9-17(10-14-19)15-21-20-5-3-2-4-6-20;/h2,16-20H,3-15H2,1H3;/q-1;+1. The maximum atomic E-state index is 6.20. The van der Waals surface area contributed by atoms with Crippen molar-refractivity contribution < 1.29 is 62.9 Å². The van der Waals surface area contributed by atoms with E-state index in [9.17, 15) is 0 Å². The molecule has 22 heavy (non-hydrogen) atoms. The average molecular weight is 377 g/mol. The maximum Gasteiger partial charge on any atom is 1.00 e. The molecule has 0 unspecified atom stereocenters. The van der Waals surface area contributed by atoms with Crippen LogP contribution in [0.5, 0.6) is 0 Å². The van der Waals surface area contributed by atoms with Gasteiger partial charge < -0.3 is 11.2 Å². The van der Waals surface area contributed by atoms with Gasteiger partial charge >= 0.3 is 58.2 Å². The van der Waals surface area contributed by atoms with E-state index in [-0.39, 0.29) is 58.2 Å². The van der Waals surface area contributed by atoms with Crippen molar-refractivity contribution in [3.8, 4) is 0 Å². The molecule has 0 spiro atoms. The summed E-state index contributed by atoms with van der Waals surface area (Å²) in [5, 5.41) is 0. The fraction of sp³-hybridized carbons (Fsp3) is 0.950. The fourth-order valence-corrected chi connectivity index (χ4v) is 4.92. The van der Waals surface area contributed by atoms with E-state index in [1.165, 1.54) is 77.0 Å². The minimum atomic E-state index is 0. The SMILES string of the molecule is CC1CCC(C2CCC(COC3CC[CH-]CC3)CC2)CC1.[Rb+]. The van der Waals surface area contributed by atoms with Crippen molar-refractivity contribution >= 4 is 0 Å². The number of ether oxygens (including phenoxy) is 1. The van der Waals surface area contributed by atoms with Crippen LogP contribution in [0, 0.1) is 30.1 Å². The van der Waals surface area contributed by atoms with Gasteiger partial charge in [-0.05, 0) is 62.2 Å². The van der Waals surface area contributed by atoms with Crippen LogP contribution in [0.2, 0.25) is 0 Å². The molecule has 3 aliphatic rings. The van der Waals surface area contributed by atoms with Crippen LogP contribution >= 0.6 is 0 Å². The van der Waals surface area contributed by atoms with Gasteiger partial charge in [-0.25, -0.2) is 0 Å². The molecule has 0 aliphatic heterocycles. The second-order valence-electron chi connectivity index (χ2n) is 8.20. The van der Waals surface area contributed by atoms with E-state index < -0.39 is 0 Å². The minimum Gasteiger partial charge on any atom is -0.378 e. The van der Waals surface area contributed by atoms with Gasteiger partial charge in [0.15, 0.2) is 0 Å². The smallest absolute Gasteiger partial charge is 0.378 e. The Kier molecular flexibility index (Phi) is 9.76. The second kappa shape index (κ2) is 10.7. The molecule has 3 aliphatic carbocycles. The van der Waals surface area contributed by atoms with Crippen molar-refractivity contribution in [3.05, 3.63) is 6.42 Å². The van der Waals surface area contributed by atoms with E-state index in [2.05, 4.69) is 13.3 Å². The second-order valence-corrected chi connectivity index (χ2v) is 8.20. The summed E-state index contributed by atoms with van der Waals surface area (Å²) in [7, 11) is 0. The van der Waals surface area contributed by atoms with Gasteiger partial charge in [0.25, 0.3) is 0 Å². The van der Waals surface area contributed by atoms with Crippen LogP contribution in [0.15, 0.2) is 0 Å². The van der Waals surface area contributed by atoms with E-state index in [1.54, 1.807) is 0 Å². The van der Waals surface area contributed by atoms with Crippen LogP contribution in [0.1, 0.15) is 84.0 Å². The Bertz CT molecular complexity index is 284. The number of hydrogen-bond acceptors (Lipinski definition) is 1. The molecule has 0 heterocycles. The maximum absolute atomic E-state index is 6.20. The van der Waals surface area contributed by atoms with Crippen molar-refractivity contribution in [2.45, 2.75) is 90.1 Å². The molecule has 0 atom stereocenters. The summed E-state index contributed by atoms with van der Waals surface area (Å²) in [6.45, 7) is 3.49. The van der Waals surface area contributed by atoms with Crippen LogP contribution in [0.25, 0.3) is 0 Å². The summed E-state index contributed by atoms with van der Waals surface area (Å²) in [6, 6.07) is 0. The van der Waals surface area contributed by atoms with Crippen LogP contribution in [0.3, 0.4) is 0 Å². The Morgan fingerprint density at radius 1 is 0.773 bits per heavy atom. The normalized spacial score (nSPS) is 37.5. The fourth-order valence-electron chi connectivity index (χ4n) is 4.92. The van der Waals surface area contributed by atoms with Crippen molar-refractivity contribution in [2.75, 3.05) is 6.61 Å². The molecule has 0 bridgehead atoms. The first-order chi connectivity index (χ1) is 10.3. The van der Waals surface area contributed by atoms with Crippen LogP contribution in [0.4, 0.5) is 0 Å². The first-order valence-electron chi connectivity index (χ1n) is 9.74. The third-order valence-electron chi connectivity index (χ3n) is 6.57. The Morgan fingerprint density at radius 2 is 1.32 bits per heavy atom. The summed E-state index contributed by atoms with van der Waals surface area (Å²) in [5.74, 6) is 3.99. The van der Waals surface area contributed by atoms with Crippen molar-refractivity contribution in [2.24, 2.45) is 23.7 Å². The topological polar surface area (TPSA) is 9.23 Å². The van der Waals surface area contributed by atoms with Crippen LogP contribution < -0.4 is 58.2 Å². The van der Waals surface area contributed by atoms with Crippen LogP contribution in [-0.2, 0) is 4.74 Å².